The van der Waals surface area contributed by atoms with E-state index in [4.69, 9.17) is 4.74 Å². The summed E-state index contributed by atoms with van der Waals surface area (Å²) in [5.41, 5.74) is 1.44. The number of benzene rings is 1. The highest BCUT2D eigenvalue weighted by Crippen LogP contribution is 2.18. The monoisotopic (exact) mass is 220 g/mol. The molecule has 0 saturated heterocycles. The van der Waals surface area contributed by atoms with Gasteiger partial charge in [-0.1, -0.05) is 23.8 Å². The van der Waals surface area contributed by atoms with Crippen molar-refractivity contribution in [1.82, 2.24) is 0 Å². The third-order valence-electron chi connectivity index (χ3n) is 2.32. The van der Waals surface area contributed by atoms with Crippen LogP contribution in [0.4, 0.5) is 0 Å². The maximum Gasteiger partial charge on any atom is 0.118 e. The van der Waals surface area contributed by atoms with Crippen LogP contribution in [0.1, 0.15) is 26.3 Å². The Balaban J connectivity index is 2.76. The third kappa shape index (κ3) is 4.07. The van der Waals surface area contributed by atoms with Gasteiger partial charge in [0.05, 0.1) is 12.7 Å². The van der Waals surface area contributed by atoms with Crippen LogP contribution in [0.25, 0.3) is 0 Å². The van der Waals surface area contributed by atoms with E-state index in [1.807, 2.05) is 51.1 Å². The molecule has 0 saturated carbocycles. The Kier molecular flexibility index (Phi) is 4.13. The standard InChI is InChI=1S/C14H20O2/c1-11(2)9-14(3,15)10-12-5-7-13(16-4)8-6-12/h5-9,15H,10H2,1-4H3. The zero-order valence-corrected chi connectivity index (χ0v) is 10.4. The Bertz CT molecular complexity index is 357. The molecule has 1 aromatic rings. The zero-order chi connectivity index (χ0) is 12.2. The summed E-state index contributed by atoms with van der Waals surface area (Å²) >= 11 is 0. The molecule has 88 valence electrons. The van der Waals surface area contributed by atoms with E-state index in [0.29, 0.717) is 6.42 Å². The predicted molar refractivity (Wildman–Crippen MR) is 66.8 cm³/mol. The molecule has 0 aliphatic rings. The van der Waals surface area contributed by atoms with Crippen molar-refractivity contribution < 1.29 is 9.84 Å². The Hall–Kier alpha value is -1.28. The van der Waals surface area contributed by atoms with Gasteiger partial charge in [-0.25, -0.2) is 0 Å². The summed E-state index contributed by atoms with van der Waals surface area (Å²) in [6, 6.07) is 7.78. The van der Waals surface area contributed by atoms with Crippen LogP contribution in [0.3, 0.4) is 0 Å². The van der Waals surface area contributed by atoms with Crippen molar-refractivity contribution in [2.24, 2.45) is 0 Å². The Morgan fingerprint density at radius 2 is 1.88 bits per heavy atom. The molecule has 1 atom stereocenters. The number of allylic oxidation sites excluding steroid dienone is 1. The molecule has 0 radical (unpaired) electrons. The molecular weight excluding hydrogens is 200 g/mol. The fourth-order valence-electron chi connectivity index (χ4n) is 1.83. The minimum absolute atomic E-state index is 0.613. The van der Waals surface area contributed by atoms with Gasteiger partial charge in [-0.3, -0.25) is 0 Å². The Labute approximate surface area is 97.6 Å². The van der Waals surface area contributed by atoms with Gasteiger partial charge in [0.25, 0.3) is 0 Å². The second-order valence-corrected chi connectivity index (χ2v) is 4.60. The summed E-state index contributed by atoms with van der Waals surface area (Å²) in [5.74, 6) is 0.839. The van der Waals surface area contributed by atoms with Crippen LogP contribution in [0.2, 0.25) is 0 Å². The third-order valence-corrected chi connectivity index (χ3v) is 2.32. The van der Waals surface area contributed by atoms with Gasteiger partial charge in [-0.2, -0.15) is 0 Å². The molecule has 2 heteroatoms. The van der Waals surface area contributed by atoms with Crippen LogP contribution >= 0.6 is 0 Å². The minimum Gasteiger partial charge on any atom is -0.497 e. The van der Waals surface area contributed by atoms with Gasteiger partial charge < -0.3 is 9.84 Å². The van der Waals surface area contributed by atoms with E-state index in [0.717, 1.165) is 16.9 Å². The van der Waals surface area contributed by atoms with E-state index < -0.39 is 5.60 Å². The Morgan fingerprint density at radius 3 is 2.31 bits per heavy atom. The highest BCUT2D eigenvalue weighted by molar-refractivity contribution is 5.28. The molecule has 2 nitrogen and oxygen atoms in total. The van der Waals surface area contributed by atoms with Gasteiger partial charge in [-0.15, -0.1) is 0 Å². The summed E-state index contributed by atoms with van der Waals surface area (Å²) in [4.78, 5) is 0. The summed E-state index contributed by atoms with van der Waals surface area (Å²) in [5, 5.41) is 10.2. The van der Waals surface area contributed by atoms with E-state index in [9.17, 15) is 5.11 Å². The molecule has 1 aromatic carbocycles. The highest BCUT2D eigenvalue weighted by Gasteiger charge is 2.17. The largest absolute Gasteiger partial charge is 0.497 e. The summed E-state index contributed by atoms with van der Waals surface area (Å²) in [6.07, 6.45) is 2.50. The molecule has 0 aliphatic carbocycles. The molecule has 0 bridgehead atoms. The van der Waals surface area contributed by atoms with Gasteiger partial charge in [0.15, 0.2) is 0 Å². The highest BCUT2D eigenvalue weighted by atomic mass is 16.5. The number of hydrogen-bond acceptors (Lipinski definition) is 2. The first-order valence-corrected chi connectivity index (χ1v) is 5.44. The van der Waals surface area contributed by atoms with E-state index in [1.165, 1.54) is 0 Å². The molecular formula is C14H20O2. The van der Waals surface area contributed by atoms with Gasteiger partial charge in [-0.05, 0) is 38.5 Å². The number of methoxy groups -OCH3 is 1. The number of aliphatic hydroxyl groups is 1. The normalized spacial score (nSPS) is 14.1. The Morgan fingerprint density at radius 1 is 1.31 bits per heavy atom. The van der Waals surface area contributed by atoms with Crippen LogP contribution in [0.5, 0.6) is 5.75 Å². The molecule has 16 heavy (non-hydrogen) atoms. The van der Waals surface area contributed by atoms with Crippen molar-refractivity contribution in [3.8, 4) is 5.75 Å². The molecule has 0 amide bonds. The van der Waals surface area contributed by atoms with Crippen molar-refractivity contribution in [3.05, 3.63) is 41.5 Å². The fraction of sp³-hybridized carbons (Fsp3) is 0.429. The smallest absolute Gasteiger partial charge is 0.118 e. The van der Waals surface area contributed by atoms with E-state index >= 15 is 0 Å². The van der Waals surface area contributed by atoms with Crippen LogP contribution in [-0.4, -0.2) is 17.8 Å². The average Bonchev–Trinajstić information content (AvgIpc) is 2.16. The topological polar surface area (TPSA) is 29.5 Å². The first-order chi connectivity index (χ1) is 7.43. The van der Waals surface area contributed by atoms with Crippen LogP contribution in [0, 0.1) is 0 Å². The summed E-state index contributed by atoms with van der Waals surface area (Å²) in [6.45, 7) is 5.80. The maximum atomic E-state index is 10.2. The van der Waals surface area contributed by atoms with Gasteiger partial charge in [0.1, 0.15) is 5.75 Å². The molecule has 0 fully saturated rings. The maximum absolute atomic E-state index is 10.2. The lowest BCUT2D eigenvalue weighted by Gasteiger charge is -2.20. The lowest BCUT2D eigenvalue weighted by Crippen LogP contribution is -2.24. The van der Waals surface area contributed by atoms with Crippen molar-refractivity contribution in [2.75, 3.05) is 7.11 Å². The van der Waals surface area contributed by atoms with Crippen LogP contribution in [-0.2, 0) is 6.42 Å². The zero-order valence-electron chi connectivity index (χ0n) is 10.4. The van der Waals surface area contributed by atoms with E-state index in [2.05, 4.69) is 0 Å². The van der Waals surface area contributed by atoms with Crippen LogP contribution < -0.4 is 4.74 Å². The van der Waals surface area contributed by atoms with Gasteiger partial charge >= 0.3 is 0 Å². The first-order valence-electron chi connectivity index (χ1n) is 5.44. The van der Waals surface area contributed by atoms with E-state index in [-0.39, 0.29) is 0 Å². The quantitative estimate of drug-likeness (QED) is 0.790. The number of hydrogen-bond donors (Lipinski definition) is 1. The lowest BCUT2D eigenvalue weighted by molar-refractivity contribution is 0.111. The molecule has 0 aliphatic heterocycles. The molecule has 0 aromatic heterocycles. The summed E-state index contributed by atoms with van der Waals surface area (Å²) < 4.78 is 5.09. The minimum atomic E-state index is -0.784. The molecule has 0 spiro atoms. The van der Waals surface area contributed by atoms with Crippen LogP contribution in [0.15, 0.2) is 35.9 Å². The van der Waals surface area contributed by atoms with E-state index in [1.54, 1.807) is 7.11 Å². The fourth-order valence-corrected chi connectivity index (χ4v) is 1.83. The van der Waals surface area contributed by atoms with Gasteiger partial charge in [0, 0.05) is 6.42 Å². The van der Waals surface area contributed by atoms with Gasteiger partial charge in [0.2, 0.25) is 0 Å². The number of ether oxygens (including phenoxy) is 1. The van der Waals surface area contributed by atoms with Crippen molar-refractivity contribution in [3.63, 3.8) is 0 Å². The first kappa shape index (κ1) is 12.8. The van der Waals surface area contributed by atoms with Crippen molar-refractivity contribution >= 4 is 0 Å². The second-order valence-electron chi connectivity index (χ2n) is 4.60. The molecule has 0 heterocycles. The molecule has 1 N–H and O–H groups in total. The van der Waals surface area contributed by atoms with Crippen molar-refractivity contribution in [1.29, 1.82) is 0 Å². The SMILES string of the molecule is COc1ccc(CC(C)(O)C=C(C)C)cc1. The average molecular weight is 220 g/mol. The number of rotatable bonds is 4. The second kappa shape index (κ2) is 5.17. The predicted octanol–water partition coefficient (Wildman–Crippen LogP) is 2.95. The lowest BCUT2D eigenvalue weighted by atomic mass is 9.94. The summed E-state index contributed by atoms with van der Waals surface area (Å²) in [7, 11) is 1.65. The molecule has 1 rings (SSSR count). The molecule has 1 unspecified atom stereocenters. The van der Waals surface area contributed by atoms with Crippen molar-refractivity contribution in [2.45, 2.75) is 32.8 Å².